The van der Waals surface area contributed by atoms with Gasteiger partial charge < -0.3 is 19.9 Å². The van der Waals surface area contributed by atoms with Crippen LogP contribution < -0.4 is 5.32 Å². The van der Waals surface area contributed by atoms with Gasteiger partial charge >= 0.3 is 5.97 Å². The molecule has 0 bridgehead atoms. The average molecular weight is 213 g/mol. The van der Waals surface area contributed by atoms with Crippen LogP contribution in [0.25, 0.3) is 0 Å². The highest BCUT2D eigenvalue weighted by Gasteiger charge is 2.12. The van der Waals surface area contributed by atoms with Gasteiger partial charge in [0.15, 0.2) is 0 Å². The van der Waals surface area contributed by atoms with E-state index in [1.165, 1.54) is 6.26 Å². The first kappa shape index (κ1) is 11.7. The van der Waals surface area contributed by atoms with Gasteiger partial charge in [-0.1, -0.05) is 0 Å². The molecule has 0 amide bonds. The summed E-state index contributed by atoms with van der Waals surface area (Å²) in [5, 5.41) is 20.4. The second kappa shape index (κ2) is 6.21. The third-order valence-electron chi connectivity index (χ3n) is 2.02. The summed E-state index contributed by atoms with van der Waals surface area (Å²) in [6, 6.07) is 1.64. The largest absolute Gasteiger partial charge is 0.475 e. The Labute approximate surface area is 87.7 Å². The highest BCUT2D eigenvalue weighted by atomic mass is 16.4. The highest BCUT2D eigenvalue weighted by molar-refractivity contribution is 5.86. The first-order valence-corrected chi connectivity index (χ1v) is 4.87. The van der Waals surface area contributed by atoms with Crippen molar-refractivity contribution in [2.45, 2.75) is 19.4 Å². The summed E-state index contributed by atoms with van der Waals surface area (Å²) in [4.78, 5) is 10.7. The molecule has 0 unspecified atom stereocenters. The number of nitrogens with one attached hydrogen (secondary N) is 1. The standard InChI is InChI=1S/C10H15NO4/c12-5-2-1-4-11-7-8-3-6-15-9(8)10(13)14/h3,6,11-12H,1-2,4-5,7H2,(H,13,14). The molecule has 0 spiro atoms. The van der Waals surface area contributed by atoms with Crippen molar-refractivity contribution in [3.63, 3.8) is 0 Å². The fraction of sp³-hybridized carbons (Fsp3) is 0.500. The summed E-state index contributed by atoms with van der Waals surface area (Å²) in [6.07, 6.45) is 3.00. The Morgan fingerprint density at radius 1 is 1.47 bits per heavy atom. The second-order valence-electron chi connectivity index (χ2n) is 3.19. The van der Waals surface area contributed by atoms with Crippen LogP contribution in [0.15, 0.2) is 16.7 Å². The van der Waals surface area contributed by atoms with Gasteiger partial charge in [0.1, 0.15) is 0 Å². The summed E-state index contributed by atoms with van der Waals surface area (Å²) in [5.41, 5.74) is 0.645. The molecule has 1 rings (SSSR count). The lowest BCUT2D eigenvalue weighted by Crippen LogP contribution is -2.16. The minimum absolute atomic E-state index is 0.00958. The van der Waals surface area contributed by atoms with E-state index in [-0.39, 0.29) is 12.4 Å². The Bertz CT molecular complexity index is 308. The number of aromatic carboxylic acids is 1. The van der Waals surface area contributed by atoms with Gasteiger partial charge in [0.05, 0.1) is 6.26 Å². The van der Waals surface area contributed by atoms with Crippen molar-refractivity contribution in [1.29, 1.82) is 0 Å². The molecule has 0 aromatic carbocycles. The smallest absolute Gasteiger partial charge is 0.372 e. The van der Waals surface area contributed by atoms with E-state index in [0.29, 0.717) is 12.1 Å². The van der Waals surface area contributed by atoms with Crippen LogP contribution in [0.2, 0.25) is 0 Å². The molecule has 1 aromatic heterocycles. The monoisotopic (exact) mass is 213 g/mol. The Morgan fingerprint density at radius 3 is 2.93 bits per heavy atom. The number of aliphatic hydroxyl groups is 1. The zero-order chi connectivity index (χ0) is 11.1. The van der Waals surface area contributed by atoms with Crippen LogP contribution in [0.1, 0.15) is 29.0 Å². The third-order valence-corrected chi connectivity index (χ3v) is 2.02. The maximum atomic E-state index is 10.7. The quantitative estimate of drug-likeness (QED) is 0.584. The van der Waals surface area contributed by atoms with Crippen LogP contribution in [-0.2, 0) is 6.54 Å². The van der Waals surface area contributed by atoms with Gasteiger partial charge in [-0.05, 0) is 25.5 Å². The first-order valence-electron chi connectivity index (χ1n) is 4.87. The Kier molecular flexibility index (Phi) is 4.86. The highest BCUT2D eigenvalue weighted by Crippen LogP contribution is 2.09. The fourth-order valence-corrected chi connectivity index (χ4v) is 1.25. The number of carbonyl (C=O) groups is 1. The molecule has 0 aliphatic heterocycles. The number of hydrogen-bond acceptors (Lipinski definition) is 4. The van der Waals surface area contributed by atoms with Crippen molar-refractivity contribution in [1.82, 2.24) is 5.32 Å². The number of hydrogen-bond donors (Lipinski definition) is 3. The molecule has 1 heterocycles. The van der Waals surface area contributed by atoms with Crippen molar-refractivity contribution < 1.29 is 19.4 Å². The Morgan fingerprint density at radius 2 is 2.27 bits per heavy atom. The molecule has 0 radical (unpaired) electrons. The maximum absolute atomic E-state index is 10.7. The first-order chi connectivity index (χ1) is 7.25. The van der Waals surface area contributed by atoms with Gasteiger partial charge in [-0.25, -0.2) is 4.79 Å². The predicted octanol–water partition coefficient (Wildman–Crippen LogP) is 0.840. The van der Waals surface area contributed by atoms with E-state index in [0.717, 1.165) is 19.4 Å². The molecule has 0 saturated heterocycles. The minimum Gasteiger partial charge on any atom is -0.475 e. The SMILES string of the molecule is O=C(O)c1occc1CNCCCCO. The van der Waals surface area contributed by atoms with Crippen LogP contribution >= 0.6 is 0 Å². The zero-order valence-electron chi connectivity index (χ0n) is 8.40. The summed E-state index contributed by atoms with van der Waals surface area (Å²) >= 11 is 0. The van der Waals surface area contributed by atoms with Crippen LogP contribution in [0, 0.1) is 0 Å². The van der Waals surface area contributed by atoms with Crippen molar-refractivity contribution in [3.05, 3.63) is 23.7 Å². The normalized spacial score (nSPS) is 10.5. The van der Waals surface area contributed by atoms with Gasteiger partial charge in [-0.15, -0.1) is 0 Å². The molecular formula is C10H15NO4. The number of aliphatic hydroxyl groups excluding tert-OH is 1. The Balaban J connectivity index is 2.31. The predicted molar refractivity (Wildman–Crippen MR) is 53.7 cm³/mol. The average Bonchev–Trinajstić information content (AvgIpc) is 2.66. The molecule has 3 N–H and O–H groups in total. The van der Waals surface area contributed by atoms with Gasteiger partial charge in [0, 0.05) is 18.7 Å². The van der Waals surface area contributed by atoms with E-state index in [4.69, 9.17) is 14.6 Å². The molecule has 0 aliphatic carbocycles. The van der Waals surface area contributed by atoms with Crippen LogP contribution in [0.5, 0.6) is 0 Å². The molecule has 0 aliphatic rings. The molecule has 15 heavy (non-hydrogen) atoms. The number of furan rings is 1. The summed E-state index contributed by atoms with van der Waals surface area (Å²) in [7, 11) is 0. The van der Waals surface area contributed by atoms with E-state index in [9.17, 15) is 4.79 Å². The van der Waals surface area contributed by atoms with Crippen molar-refractivity contribution in [2.24, 2.45) is 0 Å². The summed E-state index contributed by atoms with van der Waals surface area (Å²) in [5.74, 6) is -1.06. The topological polar surface area (TPSA) is 82.7 Å². The van der Waals surface area contributed by atoms with Crippen molar-refractivity contribution in [2.75, 3.05) is 13.2 Å². The molecular weight excluding hydrogens is 198 g/mol. The van der Waals surface area contributed by atoms with E-state index in [2.05, 4.69) is 5.32 Å². The van der Waals surface area contributed by atoms with E-state index >= 15 is 0 Å². The van der Waals surface area contributed by atoms with Crippen LogP contribution in [-0.4, -0.2) is 29.3 Å². The Hall–Kier alpha value is -1.33. The summed E-state index contributed by atoms with van der Waals surface area (Å²) in [6.45, 7) is 1.42. The number of unbranched alkanes of at least 4 members (excludes halogenated alkanes) is 1. The lowest BCUT2D eigenvalue weighted by molar-refractivity contribution is 0.0660. The van der Waals surface area contributed by atoms with Gasteiger partial charge in [0.2, 0.25) is 5.76 Å². The maximum Gasteiger partial charge on any atom is 0.372 e. The second-order valence-corrected chi connectivity index (χ2v) is 3.19. The number of carboxylic acids is 1. The van der Waals surface area contributed by atoms with Crippen molar-refractivity contribution >= 4 is 5.97 Å². The lowest BCUT2D eigenvalue weighted by Gasteiger charge is -2.02. The van der Waals surface area contributed by atoms with Gasteiger partial charge in [-0.2, -0.15) is 0 Å². The van der Waals surface area contributed by atoms with E-state index in [1.54, 1.807) is 6.07 Å². The molecule has 1 aromatic rings. The molecule has 5 nitrogen and oxygen atoms in total. The molecule has 84 valence electrons. The fourth-order valence-electron chi connectivity index (χ4n) is 1.25. The van der Waals surface area contributed by atoms with Gasteiger partial charge in [0.25, 0.3) is 0 Å². The minimum atomic E-state index is -1.05. The third kappa shape index (κ3) is 3.73. The number of carboxylic acid groups (broad SMARTS) is 1. The lowest BCUT2D eigenvalue weighted by atomic mass is 10.2. The van der Waals surface area contributed by atoms with Crippen LogP contribution in [0.4, 0.5) is 0 Å². The van der Waals surface area contributed by atoms with Crippen molar-refractivity contribution in [3.8, 4) is 0 Å². The summed E-state index contributed by atoms with van der Waals surface area (Å²) < 4.78 is 4.82. The van der Waals surface area contributed by atoms with E-state index in [1.807, 2.05) is 0 Å². The molecule has 5 heteroatoms. The van der Waals surface area contributed by atoms with Gasteiger partial charge in [-0.3, -0.25) is 0 Å². The van der Waals surface area contributed by atoms with Crippen LogP contribution in [0.3, 0.4) is 0 Å². The molecule has 0 atom stereocenters. The molecule has 0 fully saturated rings. The van der Waals surface area contributed by atoms with E-state index < -0.39 is 5.97 Å². The molecule has 0 saturated carbocycles. The number of rotatable bonds is 7. The zero-order valence-corrected chi connectivity index (χ0v) is 8.40.